The maximum absolute atomic E-state index is 12.5. The van der Waals surface area contributed by atoms with Crippen LogP contribution in [-0.4, -0.2) is 50.6 Å². The summed E-state index contributed by atoms with van der Waals surface area (Å²) in [6.45, 7) is 1.52. The van der Waals surface area contributed by atoms with E-state index in [9.17, 15) is 21.6 Å². The van der Waals surface area contributed by atoms with E-state index < -0.39 is 16.4 Å². The molecule has 0 aliphatic carbocycles. The zero-order valence-electron chi connectivity index (χ0n) is 14.5. The molecule has 148 valence electrons. The van der Waals surface area contributed by atoms with Crippen molar-refractivity contribution in [1.82, 2.24) is 14.7 Å². The van der Waals surface area contributed by atoms with Crippen LogP contribution in [0.4, 0.5) is 19.0 Å². The molecule has 0 radical (unpaired) electrons. The van der Waals surface area contributed by atoms with Gasteiger partial charge in [0.15, 0.2) is 0 Å². The fourth-order valence-corrected chi connectivity index (χ4v) is 3.70. The fraction of sp³-hybridized carbons (Fsp3) is 0.500. The van der Waals surface area contributed by atoms with Gasteiger partial charge in [-0.3, -0.25) is 0 Å². The number of piperidine rings is 1. The lowest BCUT2D eigenvalue weighted by Crippen LogP contribution is -2.41. The number of rotatable bonds is 5. The van der Waals surface area contributed by atoms with Crippen LogP contribution in [0.3, 0.4) is 0 Å². The van der Waals surface area contributed by atoms with Crippen LogP contribution in [0.1, 0.15) is 12.8 Å². The zero-order chi connectivity index (χ0) is 19.7. The van der Waals surface area contributed by atoms with Gasteiger partial charge in [0, 0.05) is 25.0 Å². The first-order chi connectivity index (χ1) is 12.6. The first-order valence-electron chi connectivity index (χ1n) is 8.31. The molecule has 7 nitrogen and oxygen atoms in total. The van der Waals surface area contributed by atoms with Crippen molar-refractivity contribution >= 4 is 26.7 Å². The molecule has 1 atom stereocenters. The Kier molecular flexibility index (Phi) is 5.43. The summed E-state index contributed by atoms with van der Waals surface area (Å²) in [7, 11) is -3.28. The highest BCUT2D eigenvalue weighted by atomic mass is 32.2. The Balaban J connectivity index is 1.85. The highest BCUT2D eigenvalue weighted by Gasteiger charge is 2.31. The summed E-state index contributed by atoms with van der Waals surface area (Å²) in [6, 6.07) is 3.94. The molecule has 0 spiro atoms. The number of nitrogens with zero attached hydrogens (tertiary/aromatic N) is 3. The largest absolute Gasteiger partial charge is 0.573 e. The quantitative estimate of drug-likeness (QED) is 0.823. The highest BCUT2D eigenvalue weighted by molar-refractivity contribution is 7.88. The van der Waals surface area contributed by atoms with Crippen molar-refractivity contribution in [2.45, 2.75) is 19.2 Å². The zero-order valence-corrected chi connectivity index (χ0v) is 15.3. The summed E-state index contributed by atoms with van der Waals surface area (Å²) in [6.07, 6.45) is -0.643. The predicted octanol–water partition coefficient (Wildman–Crippen LogP) is 2.29. The number of aromatic nitrogens is 2. The Morgan fingerprint density at radius 1 is 1.33 bits per heavy atom. The lowest BCUT2D eigenvalue weighted by atomic mass is 9.98. The molecule has 11 heteroatoms. The van der Waals surface area contributed by atoms with Gasteiger partial charge >= 0.3 is 6.36 Å². The second-order valence-electron chi connectivity index (χ2n) is 6.50. The van der Waals surface area contributed by atoms with Crippen molar-refractivity contribution in [3.8, 4) is 5.75 Å². The van der Waals surface area contributed by atoms with Gasteiger partial charge in [-0.25, -0.2) is 23.1 Å². The van der Waals surface area contributed by atoms with Crippen molar-refractivity contribution in [3.05, 3.63) is 24.5 Å². The normalized spacial score (nSPS) is 18.7. The Morgan fingerprint density at radius 2 is 2.11 bits per heavy atom. The molecular formula is C16H19F3N4O3S. The first kappa shape index (κ1) is 19.6. The monoisotopic (exact) mass is 404 g/mol. The number of fused-ring (bicyclic) bond motifs is 1. The summed E-state index contributed by atoms with van der Waals surface area (Å²) in [5.41, 5.74) is 0.505. The van der Waals surface area contributed by atoms with Gasteiger partial charge in [-0.2, -0.15) is 0 Å². The third-order valence-corrected chi connectivity index (χ3v) is 4.96. The molecule has 1 fully saturated rings. The van der Waals surface area contributed by atoms with E-state index in [4.69, 9.17) is 0 Å². The van der Waals surface area contributed by atoms with Crippen molar-refractivity contribution < 1.29 is 26.3 Å². The van der Waals surface area contributed by atoms with Crippen LogP contribution in [-0.2, 0) is 10.0 Å². The van der Waals surface area contributed by atoms with E-state index in [2.05, 4.69) is 19.4 Å². The summed E-state index contributed by atoms with van der Waals surface area (Å²) in [4.78, 5) is 10.3. The van der Waals surface area contributed by atoms with Gasteiger partial charge < -0.3 is 9.64 Å². The number of ether oxygens (including phenoxy) is 1. The minimum Gasteiger partial charge on any atom is -0.406 e. The number of nitrogens with one attached hydrogen (secondary N) is 1. The van der Waals surface area contributed by atoms with Crippen LogP contribution in [0.25, 0.3) is 10.9 Å². The van der Waals surface area contributed by atoms with Crippen LogP contribution in [0.15, 0.2) is 24.5 Å². The topological polar surface area (TPSA) is 84.4 Å². The second kappa shape index (κ2) is 7.47. The molecule has 27 heavy (non-hydrogen) atoms. The molecule has 3 rings (SSSR count). The van der Waals surface area contributed by atoms with E-state index in [0.717, 1.165) is 19.1 Å². The standard InChI is InChI=1S/C16H19F3N4O3S/c1-27(24,25)22-8-11-3-2-6-23(9-11)15-13-7-12(26-16(17,18)19)4-5-14(13)20-10-21-15/h4-5,7,10-11,22H,2-3,6,8-9H2,1H3. The number of hydrogen-bond donors (Lipinski definition) is 1. The summed E-state index contributed by atoms with van der Waals surface area (Å²) < 4.78 is 66.6. The van der Waals surface area contributed by atoms with Crippen molar-refractivity contribution in [2.75, 3.05) is 30.8 Å². The molecule has 0 saturated carbocycles. The van der Waals surface area contributed by atoms with E-state index in [1.165, 1.54) is 24.5 Å². The van der Waals surface area contributed by atoms with Crippen molar-refractivity contribution in [3.63, 3.8) is 0 Å². The number of halogens is 3. The van der Waals surface area contributed by atoms with Crippen molar-refractivity contribution in [2.24, 2.45) is 5.92 Å². The fourth-order valence-electron chi connectivity index (χ4n) is 3.16. The van der Waals surface area contributed by atoms with E-state index >= 15 is 0 Å². The van der Waals surface area contributed by atoms with Crippen LogP contribution in [0, 0.1) is 5.92 Å². The molecule has 1 saturated heterocycles. The smallest absolute Gasteiger partial charge is 0.406 e. The maximum atomic E-state index is 12.5. The molecule has 2 aromatic rings. The average Bonchev–Trinajstić information content (AvgIpc) is 2.58. The second-order valence-corrected chi connectivity index (χ2v) is 8.33. The molecule has 1 aromatic heterocycles. The minimum atomic E-state index is -4.78. The van der Waals surface area contributed by atoms with Gasteiger partial charge in [0.1, 0.15) is 17.9 Å². The van der Waals surface area contributed by atoms with Crippen LogP contribution in [0.2, 0.25) is 0 Å². The van der Waals surface area contributed by atoms with Crippen LogP contribution >= 0.6 is 0 Å². The maximum Gasteiger partial charge on any atom is 0.573 e. The lowest BCUT2D eigenvalue weighted by molar-refractivity contribution is -0.274. The van der Waals surface area contributed by atoms with Crippen molar-refractivity contribution in [1.29, 1.82) is 0 Å². The molecular weight excluding hydrogens is 385 g/mol. The van der Waals surface area contributed by atoms with Crippen LogP contribution in [0.5, 0.6) is 5.75 Å². The van der Waals surface area contributed by atoms with E-state index in [0.29, 0.717) is 36.4 Å². The van der Waals surface area contributed by atoms with Crippen LogP contribution < -0.4 is 14.4 Å². The van der Waals surface area contributed by atoms with E-state index in [1.807, 2.05) is 4.90 Å². The number of benzene rings is 1. The predicted molar refractivity (Wildman–Crippen MR) is 94.0 cm³/mol. The summed E-state index contributed by atoms with van der Waals surface area (Å²) in [5.74, 6) is 0.253. The van der Waals surface area contributed by atoms with Gasteiger partial charge in [0.25, 0.3) is 0 Å². The molecule has 1 aliphatic rings. The molecule has 1 N–H and O–H groups in total. The lowest BCUT2D eigenvalue weighted by Gasteiger charge is -2.34. The highest BCUT2D eigenvalue weighted by Crippen LogP contribution is 2.31. The van der Waals surface area contributed by atoms with Gasteiger partial charge in [-0.15, -0.1) is 13.2 Å². The molecule has 0 bridgehead atoms. The minimum absolute atomic E-state index is 0.0769. The van der Waals surface area contributed by atoms with Gasteiger partial charge in [-0.05, 0) is 37.0 Å². The number of alkyl halides is 3. The number of hydrogen-bond acceptors (Lipinski definition) is 6. The molecule has 2 heterocycles. The Labute approximate surface area is 154 Å². The SMILES string of the molecule is CS(=O)(=O)NCC1CCCN(c2ncnc3ccc(OC(F)(F)F)cc23)C1. The molecule has 1 aliphatic heterocycles. The van der Waals surface area contributed by atoms with Gasteiger partial charge in [-0.1, -0.05) is 0 Å². The summed E-state index contributed by atoms with van der Waals surface area (Å²) in [5, 5.41) is 0.455. The Bertz CT molecular complexity index is 921. The average molecular weight is 404 g/mol. The number of anilines is 1. The Hall–Kier alpha value is -2.14. The third kappa shape index (κ3) is 5.42. The first-order valence-corrected chi connectivity index (χ1v) is 10.2. The number of sulfonamides is 1. The summed E-state index contributed by atoms with van der Waals surface area (Å²) >= 11 is 0. The molecule has 1 unspecified atom stereocenters. The molecule has 1 aromatic carbocycles. The van der Waals surface area contributed by atoms with Gasteiger partial charge in [0.2, 0.25) is 10.0 Å². The van der Waals surface area contributed by atoms with E-state index in [-0.39, 0.29) is 11.7 Å². The molecule has 0 amide bonds. The van der Waals surface area contributed by atoms with Gasteiger partial charge in [0.05, 0.1) is 11.8 Å². The Morgan fingerprint density at radius 3 is 2.81 bits per heavy atom. The van der Waals surface area contributed by atoms with E-state index in [1.54, 1.807) is 0 Å². The third-order valence-electron chi connectivity index (χ3n) is 4.27.